The van der Waals surface area contributed by atoms with Crippen molar-refractivity contribution in [1.29, 1.82) is 0 Å². The highest BCUT2D eigenvalue weighted by Crippen LogP contribution is 2.19. The maximum absolute atomic E-state index is 10.6. The quantitative estimate of drug-likeness (QED) is 0.485. The van der Waals surface area contributed by atoms with E-state index in [1.54, 1.807) is 18.5 Å². The lowest BCUT2D eigenvalue weighted by Gasteiger charge is -2.07. The van der Waals surface area contributed by atoms with Crippen LogP contribution in [0.1, 0.15) is 18.4 Å². The van der Waals surface area contributed by atoms with Crippen LogP contribution in [0.4, 0.5) is 5.82 Å². The Balaban J connectivity index is 2.05. The largest absolute Gasteiger partial charge is 0.478 e. The van der Waals surface area contributed by atoms with Crippen LogP contribution in [0.15, 0.2) is 42.7 Å². The van der Waals surface area contributed by atoms with Gasteiger partial charge in [0.2, 0.25) is 0 Å². The lowest BCUT2D eigenvalue weighted by Crippen LogP contribution is -2.10. The fourth-order valence-corrected chi connectivity index (χ4v) is 2.20. The smallest absolute Gasteiger partial charge is 0.328 e. The molecule has 0 unspecified atom stereocenters. The summed E-state index contributed by atoms with van der Waals surface area (Å²) in [7, 11) is 1.95. The van der Waals surface area contributed by atoms with Crippen molar-refractivity contribution in [2.24, 2.45) is 0 Å². The zero-order valence-electron chi connectivity index (χ0n) is 13.7. The van der Waals surface area contributed by atoms with Crippen LogP contribution in [0.2, 0.25) is 0 Å². The van der Waals surface area contributed by atoms with Crippen LogP contribution in [0.25, 0.3) is 17.3 Å². The van der Waals surface area contributed by atoms with E-state index in [1.165, 1.54) is 0 Å². The van der Waals surface area contributed by atoms with Crippen LogP contribution >= 0.6 is 0 Å². The number of nitrogens with zero attached hydrogens (tertiary/aromatic N) is 2. The van der Waals surface area contributed by atoms with Crippen LogP contribution in [0.5, 0.6) is 0 Å². The number of carbonyl (C=O) groups is 1. The van der Waals surface area contributed by atoms with Gasteiger partial charge in [0.15, 0.2) is 0 Å². The number of carboxylic acids is 1. The molecule has 0 radical (unpaired) electrons. The van der Waals surface area contributed by atoms with Crippen molar-refractivity contribution in [2.45, 2.75) is 12.8 Å². The highest BCUT2D eigenvalue weighted by atomic mass is 16.4. The molecular weight excluding hydrogens is 304 g/mol. The molecule has 2 rings (SSSR count). The minimum atomic E-state index is -0.968. The Labute approximate surface area is 141 Å². The monoisotopic (exact) mass is 326 g/mol. The molecule has 6 heteroatoms. The Kier molecular flexibility index (Phi) is 6.91. The maximum atomic E-state index is 10.6. The molecule has 0 aliphatic heterocycles. The summed E-state index contributed by atoms with van der Waals surface area (Å²) >= 11 is 0. The lowest BCUT2D eigenvalue weighted by atomic mass is 10.1. The van der Waals surface area contributed by atoms with Gasteiger partial charge in [0.25, 0.3) is 0 Å². The van der Waals surface area contributed by atoms with Gasteiger partial charge < -0.3 is 15.7 Å². The Morgan fingerprint density at radius 2 is 2.08 bits per heavy atom. The average Bonchev–Trinajstić information content (AvgIpc) is 2.60. The number of aromatic nitrogens is 2. The van der Waals surface area contributed by atoms with Crippen molar-refractivity contribution in [3.8, 4) is 11.3 Å². The molecule has 0 atom stereocenters. The highest BCUT2D eigenvalue weighted by Gasteiger charge is 2.03. The second-order valence-electron chi connectivity index (χ2n) is 5.32. The third-order valence-electron chi connectivity index (χ3n) is 3.39. The van der Waals surface area contributed by atoms with Crippen LogP contribution in [0, 0.1) is 0 Å². The molecule has 1 aromatic heterocycles. The molecule has 0 aliphatic rings. The molecule has 0 saturated heterocycles. The van der Waals surface area contributed by atoms with Crippen molar-refractivity contribution in [1.82, 2.24) is 15.3 Å². The van der Waals surface area contributed by atoms with E-state index in [4.69, 9.17) is 5.11 Å². The number of unbranched alkanes of at least 4 members (excludes halogenated alkanes) is 1. The molecule has 0 fully saturated rings. The van der Waals surface area contributed by atoms with Gasteiger partial charge in [-0.15, -0.1) is 0 Å². The molecule has 1 heterocycles. The number of benzene rings is 1. The first-order valence-electron chi connectivity index (χ1n) is 7.91. The van der Waals surface area contributed by atoms with Gasteiger partial charge in [-0.3, -0.25) is 4.98 Å². The van der Waals surface area contributed by atoms with Gasteiger partial charge in [-0.2, -0.15) is 0 Å². The molecule has 0 spiro atoms. The van der Waals surface area contributed by atoms with E-state index in [-0.39, 0.29) is 0 Å². The van der Waals surface area contributed by atoms with E-state index in [0.717, 1.165) is 54.6 Å². The van der Waals surface area contributed by atoms with Crippen molar-refractivity contribution >= 4 is 17.9 Å². The fourth-order valence-electron chi connectivity index (χ4n) is 2.20. The zero-order valence-corrected chi connectivity index (χ0v) is 13.7. The van der Waals surface area contributed by atoms with Crippen molar-refractivity contribution in [3.63, 3.8) is 0 Å². The van der Waals surface area contributed by atoms with Gasteiger partial charge >= 0.3 is 5.97 Å². The average molecular weight is 326 g/mol. The minimum Gasteiger partial charge on any atom is -0.478 e. The normalized spacial score (nSPS) is 10.9. The zero-order chi connectivity index (χ0) is 17.2. The summed E-state index contributed by atoms with van der Waals surface area (Å²) < 4.78 is 0. The minimum absolute atomic E-state index is 0.739. The molecule has 6 nitrogen and oxygen atoms in total. The number of hydrogen-bond donors (Lipinski definition) is 3. The molecule has 3 N–H and O–H groups in total. The molecule has 2 aromatic rings. The number of carboxylic acid groups (broad SMARTS) is 1. The van der Waals surface area contributed by atoms with Gasteiger partial charge in [-0.1, -0.05) is 18.2 Å². The Bertz CT molecular complexity index is 701. The van der Waals surface area contributed by atoms with E-state index in [0.29, 0.717) is 0 Å². The Morgan fingerprint density at radius 1 is 1.25 bits per heavy atom. The summed E-state index contributed by atoms with van der Waals surface area (Å²) in [5, 5.41) is 15.1. The first-order valence-corrected chi connectivity index (χ1v) is 7.91. The Morgan fingerprint density at radius 3 is 2.88 bits per heavy atom. The number of aliphatic carboxylic acids is 1. The molecular formula is C18H22N4O2. The first-order chi connectivity index (χ1) is 11.7. The van der Waals surface area contributed by atoms with E-state index < -0.39 is 5.97 Å². The van der Waals surface area contributed by atoms with E-state index >= 15 is 0 Å². The summed E-state index contributed by atoms with van der Waals surface area (Å²) in [4.78, 5) is 19.4. The summed E-state index contributed by atoms with van der Waals surface area (Å²) in [5.74, 6) is -0.229. The van der Waals surface area contributed by atoms with E-state index in [9.17, 15) is 4.79 Å². The molecule has 0 bridgehead atoms. The van der Waals surface area contributed by atoms with Gasteiger partial charge in [0.1, 0.15) is 5.82 Å². The van der Waals surface area contributed by atoms with Gasteiger partial charge in [-0.05, 0) is 44.1 Å². The molecule has 1 aromatic carbocycles. The maximum Gasteiger partial charge on any atom is 0.328 e. The fraction of sp³-hybridized carbons (Fsp3) is 0.278. The molecule has 24 heavy (non-hydrogen) atoms. The Hall–Kier alpha value is -2.73. The number of nitrogens with one attached hydrogen (secondary N) is 2. The summed E-state index contributed by atoms with van der Waals surface area (Å²) in [6, 6.07) is 7.54. The van der Waals surface area contributed by atoms with E-state index in [1.807, 2.05) is 31.3 Å². The highest BCUT2D eigenvalue weighted by molar-refractivity contribution is 5.85. The summed E-state index contributed by atoms with van der Waals surface area (Å²) in [5.41, 5.74) is 2.46. The topological polar surface area (TPSA) is 87.1 Å². The number of rotatable bonds is 9. The van der Waals surface area contributed by atoms with Crippen LogP contribution in [0.3, 0.4) is 0 Å². The number of hydrogen-bond acceptors (Lipinski definition) is 5. The van der Waals surface area contributed by atoms with Crippen molar-refractivity contribution in [2.75, 3.05) is 25.5 Å². The summed E-state index contributed by atoms with van der Waals surface area (Å²) in [6.45, 7) is 1.85. The van der Waals surface area contributed by atoms with Gasteiger partial charge in [0, 0.05) is 18.2 Å². The second kappa shape index (κ2) is 9.42. The lowest BCUT2D eigenvalue weighted by molar-refractivity contribution is -0.131. The van der Waals surface area contributed by atoms with Crippen LogP contribution < -0.4 is 10.6 Å². The SMILES string of the molecule is CNCCCCNc1cncc(-c2cccc(/C=C/C(=O)O)c2)n1. The second-order valence-corrected chi connectivity index (χ2v) is 5.32. The van der Waals surface area contributed by atoms with E-state index in [2.05, 4.69) is 20.6 Å². The number of anilines is 1. The standard InChI is InChI=1S/C18H22N4O2/c1-19-9-2-3-10-21-17-13-20-12-16(22-17)15-6-4-5-14(11-15)7-8-18(23)24/h4-8,11-13,19H,2-3,9-10H2,1H3,(H,21,22)(H,23,24)/b8-7+. The predicted octanol–water partition coefficient (Wildman–Crippen LogP) is 2.65. The van der Waals surface area contributed by atoms with Gasteiger partial charge in [0.05, 0.1) is 18.1 Å². The molecule has 0 aliphatic carbocycles. The van der Waals surface area contributed by atoms with Crippen LogP contribution in [-0.4, -0.2) is 41.2 Å². The molecule has 0 saturated carbocycles. The molecule has 126 valence electrons. The van der Waals surface area contributed by atoms with Gasteiger partial charge in [-0.25, -0.2) is 9.78 Å². The van der Waals surface area contributed by atoms with Crippen molar-refractivity contribution < 1.29 is 9.90 Å². The van der Waals surface area contributed by atoms with Crippen LogP contribution in [-0.2, 0) is 4.79 Å². The summed E-state index contributed by atoms with van der Waals surface area (Å²) in [6.07, 6.45) is 8.25. The predicted molar refractivity (Wildman–Crippen MR) is 95.8 cm³/mol. The first kappa shape index (κ1) is 17.6. The third-order valence-corrected chi connectivity index (χ3v) is 3.39. The molecule has 0 amide bonds. The third kappa shape index (κ3) is 5.81. The van der Waals surface area contributed by atoms with Crippen molar-refractivity contribution in [3.05, 3.63) is 48.3 Å².